The highest BCUT2D eigenvalue weighted by molar-refractivity contribution is 7.92. The highest BCUT2D eigenvalue weighted by Crippen LogP contribution is 2.30. The van der Waals surface area contributed by atoms with Crippen LogP contribution in [0.1, 0.15) is 25.0 Å². The first-order chi connectivity index (χ1) is 14.3. The summed E-state index contributed by atoms with van der Waals surface area (Å²) in [6.45, 7) is 5.29. The lowest BCUT2D eigenvalue weighted by Crippen LogP contribution is -2.15. The van der Waals surface area contributed by atoms with Crippen molar-refractivity contribution in [3.63, 3.8) is 0 Å². The summed E-state index contributed by atoms with van der Waals surface area (Å²) in [5.74, 6) is 0.487. The van der Waals surface area contributed by atoms with Gasteiger partial charge >= 0.3 is 0 Å². The van der Waals surface area contributed by atoms with Crippen molar-refractivity contribution < 1.29 is 8.42 Å². The lowest BCUT2D eigenvalue weighted by Gasteiger charge is -2.15. The molecule has 9 heteroatoms. The monoisotopic (exact) mass is 443 g/mol. The zero-order valence-corrected chi connectivity index (χ0v) is 18.4. The Kier molecular flexibility index (Phi) is 6.69. The molecule has 1 heterocycles. The molecule has 0 unspecified atom stereocenters. The van der Waals surface area contributed by atoms with Gasteiger partial charge in [-0.25, -0.2) is 18.8 Å². The van der Waals surface area contributed by atoms with E-state index in [0.29, 0.717) is 5.69 Å². The van der Waals surface area contributed by atoms with E-state index in [9.17, 15) is 8.42 Å². The van der Waals surface area contributed by atoms with Crippen LogP contribution in [0.25, 0.3) is 0 Å². The maximum atomic E-state index is 12.7. The van der Waals surface area contributed by atoms with Crippen molar-refractivity contribution in [3.05, 3.63) is 70.9 Å². The van der Waals surface area contributed by atoms with Crippen LogP contribution in [0.3, 0.4) is 0 Å². The van der Waals surface area contributed by atoms with Crippen LogP contribution in [0.5, 0.6) is 0 Å². The molecule has 0 aliphatic heterocycles. The summed E-state index contributed by atoms with van der Waals surface area (Å²) in [7, 11) is -3.49. The minimum atomic E-state index is -3.49. The molecule has 0 aliphatic rings. The number of aryl methyl sites for hydroxylation is 1. The van der Waals surface area contributed by atoms with E-state index in [1.807, 2.05) is 31.2 Å². The standard InChI is InChI=1S/C21H22ClN5O2S/c1-14(2)30(28,29)19-7-5-4-6-18(19)25-20-17(22)13-23-21(26-20)27-24-12-16-10-8-15(3)9-11-16/h4-14H,1-3H3,(H2,23,25,26,27)/b24-12+. The number of para-hydroxylation sites is 1. The smallest absolute Gasteiger partial charge is 0.245 e. The molecule has 1 aromatic heterocycles. The molecule has 7 nitrogen and oxygen atoms in total. The number of nitrogens with zero attached hydrogens (tertiary/aromatic N) is 3. The molecule has 2 aromatic carbocycles. The fourth-order valence-electron chi connectivity index (χ4n) is 2.53. The van der Waals surface area contributed by atoms with Crippen molar-refractivity contribution in [2.45, 2.75) is 30.9 Å². The highest BCUT2D eigenvalue weighted by Gasteiger charge is 2.23. The van der Waals surface area contributed by atoms with Gasteiger partial charge in [-0.2, -0.15) is 10.1 Å². The van der Waals surface area contributed by atoms with E-state index < -0.39 is 15.1 Å². The number of sulfone groups is 1. The largest absolute Gasteiger partial charge is 0.338 e. The van der Waals surface area contributed by atoms with Gasteiger partial charge in [0.2, 0.25) is 5.95 Å². The molecule has 0 amide bonds. The fraction of sp³-hybridized carbons (Fsp3) is 0.190. The Balaban J connectivity index is 1.82. The van der Waals surface area contributed by atoms with Gasteiger partial charge in [0.15, 0.2) is 15.7 Å². The lowest BCUT2D eigenvalue weighted by molar-refractivity contribution is 0.588. The van der Waals surface area contributed by atoms with Gasteiger partial charge in [0.05, 0.1) is 28.2 Å². The van der Waals surface area contributed by atoms with Crippen LogP contribution in [-0.2, 0) is 9.84 Å². The Hall–Kier alpha value is -2.97. The predicted molar refractivity (Wildman–Crippen MR) is 121 cm³/mol. The van der Waals surface area contributed by atoms with Crippen LogP contribution in [0.15, 0.2) is 64.7 Å². The number of hydrazone groups is 1. The number of aromatic nitrogens is 2. The molecule has 0 spiro atoms. The third-order valence-electron chi connectivity index (χ3n) is 4.27. The van der Waals surface area contributed by atoms with Crippen molar-refractivity contribution in [1.29, 1.82) is 0 Å². The maximum Gasteiger partial charge on any atom is 0.245 e. The first-order valence-corrected chi connectivity index (χ1v) is 11.2. The molecule has 0 bridgehead atoms. The number of anilines is 3. The molecule has 30 heavy (non-hydrogen) atoms. The second-order valence-corrected chi connectivity index (χ2v) is 9.77. The second kappa shape index (κ2) is 9.23. The van der Waals surface area contributed by atoms with Crippen LogP contribution in [-0.4, -0.2) is 29.9 Å². The average molecular weight is 444 g/mol. The van der Waals surface area contributed by atoms with E-state index in [4.69, 9.17) is 11.6 Å². The molecular formula is C21H22ClN5O2S. The summed E-state index contributed by atoms with van der Waals surface area (Å²) in [5.41, 5.74) is 5.23. The van der Waals surface area contributed by atoms with E-state index in [1.165, 1.54) is 6.20 Å². The summed E-state index contributed by atoms with van der Waals surface area (Å²) in [5, 5.41) is 6.82. The molecule has 0 atom stereocenters. The zero-order chi connectivity index (χ0) is 21.7. The first-order valence-electron chi connectivity index (χ1n) is 9.25. The van der Waals surface area contributed by atoms with Gasteiger partial charge in [-0.05, 0) is 38.5 Å². The van der Waals surface area contributed by atoms with Gasteiger partial charge < -0.3 is 5.32 Å². The van der Waals surface area contributed by atoms with Crippen LogP contribution >= 0.6 is 11.6 Å². The normalized spacial score (nSPS) is 11.8. The van der Waals surface area contributed by atoms with Gasteiger partial charge in [-0.1, -0.05) is 53.6 Å². The fourth-order valence-corrected chi connectivity index (χ4v) is 3.87. The van der Waals surface area contributed by atoms with E-state index in [-0.39, 0.29) is 21.7 Å². The van der Waals surface area contributed by atoms with Crippen LogP contribution in [0.4, 0.5) is 17.5 Å². The van der Waals surface area contributed by atoms with Crippen LogP contribution < -0.4 is 10.7 Å². The molecule has 3 aromatic rings. The van der Waals surface area contributed by atoms with E-state index >= 15 is 0 Å². The van der Waals surface area contributed by atoms with Crippen molar-refractivity contribution in [2.75, 3.05) is 10.7 Å². The summed E-state index contributed by atoms with van der Waals surface area (Å²) < 4.78 is 25.3. The predicted octanol–water partition coefficient (Wildman–Crippen LogP) is 4.81. The summed E-state index contributed by atoms with van der Waals surface area (Å²) in [6.07, 6.45) is 3.06. The van der Waals surface area contributed by atoms with Crippen molar-refractivity contribution in [1.82, 2.24) is 9.97 Å². The van der Waals surface area contributed by atoms with Crippen molar-refractivity contribution >= 4 is 45.1 Å². The molecule has 3 rings (SSSR count). The third kappa shape index (κ3) is 5.14. The SMILES string of the molecule is Cc1ccc(/C=N/Nc2ncc(Cl)c(Nc3ccccc3S(=O)(=O)C(C)C)n2)cc1. The highest BCUT2D eigenvalue weighted by atomic mass is 35.5. The zero-order valence-electron chi connectivity index (χ0n) is 16.8. The number of halogens is 1. The Morgan fingerprint density at radius 3 is 2.50 bits per heavy atom. The van der Waals surface area contributed by atoms with Gasteiger partial charge in [0, 0.05) is 0 Å². The molecule has 0 aliphatic carbocycles. The Morgan fingerprint density at radius 2 is 1.80 bits per heavy atom. The molecular weight excluding hydrogens is 422 g/mol. The van der Waals surface area contributed by atoms with Gasteiger partial charge in [-0.3, -0.25) is 0 Å². The topological polar surface area (TPSA) is 96.3 Å². The summed E-state index contributed by atoms with van der Waals surface area (Å²) >= 11 is 6.22. The molecule has 0 saturated carbocycles. The van der Waals surface area contributed by atoms with Crippen molar-refractivity contribution in [2.24, 2.45) is 5.10 Å². The summed E-state index contributed by atoms with van der Waals surface area (Å²) in [6, 6.07) is 14.5. The molecule has 156 valence electrons. The van der Waals surface area contributed by atoms with Gasteiger partial charge in [-0.15, -0.1) is 0 Å². The molecule has 0 saturated heterocycles. The van der Waals surface area contributed by atoms with Crippen LogP contribution in [0.2, 0.25) is 5.02 Å². The van der Waals surface area contributed by atoms with Crippen molar-refractivity contribution in [3.8, 4) is 0 Å². The van der Waals surface area contributed by atoms with E-state index in [1.54, 1.807) is 44.3 Å². The maximum absolute atomic E-state index is 12.7. The second-order valence-electron chi connectivity index (χ2n) is 6.89. The van der Waals surface area contributed by atoms with E-state index in [0.717, 1.165) is 11.1 Å². The Bertz CT molecular complexity index is 1160. The lowest BCUT2D eigenvalue weighted by atomic mass is 10.2. The minimum Gasteiger partial charge on any atom is -0.338 e. The third-order valence-corrected chi connectivity index (χ3v) is 6.75. The molecule has 0 fully saturated rings. The average Bonchev–Trinajstić information content (AvgIpc) is 2.72. The number of hydrogen-bond acceptors (Lipinski definition) is 7. The summed E-state index contributed by atoms with van der Waals surface area (Å²) in [4.78, 5) is 8.59. The first kappa shape index (κ1) is 21.7. The Morgan fingerprint density at radius 1 is 1.10 bits per heavy atom. The Labute approximate surface area is 181 Å². The van der Waals surface area contributed by atoms with Crippen LogP contribution in [0, 0.1) is 6.92 Å². The number of rotatable bonds is 7. The number of benzene rings is 2. The quantitative estimate of drug-likeness (QED) is 0.401. The number of nitrogens with one attached hydrogen (secondary N) is 2. The van der Waals surface area contributed by atoms with Gasteiger partial charge in [0.25, 0.3) is 0 Å². The minimum absolute atomic E-state index is 0.182. The molecule has 0 radical (unpaired) electrons. The van der Waals surface area contributed by atoms with E-state index in [2.05, 4.69) is 25.8 Å². The molecule has 2 N–H and O–H groups in total. The van der Waals surface area contributed by atoms with Gasteiger partial charge in [0.1, 0.15) is 5.02 Å². The number of hydrogen-bond donors (Lipinski definition) is 2.